The van der Waals surface area contributed by atoms with Crippen LogP contribution in [0.25, 0.3) is 11.0 Å². The van der Waals surface area contributed by atoms with E-state index >= 15 is 0 Å². The van der Waals surface area contributed by atoms with Crippen molar-refractivity contribution < 1.29 is 0 Å². The summed E-state index contributed by atoms with van der Waals surface area (Å²) < 4.78 is 0. The zero-order valence-corrected chi connectivity index (χ0v) is 8.79. The van der Waals surface area contributed by atoms with Crippen LogP contribution in [0, 0.1) is 0 Å². The lowest BCUT2D eigenvalue weighted by molar-refractivity contribution is 0.769. The van der Waals surface area contributed by atoms with Crippen LogP contribution < -0.4 is 5.56 Å². The third-order valence-electron chi connectivity index (χ3n) is 2.44. The maximum Gasteiger partial charge on any atom is 0.270 e. The van der Waals surface area contributed by atoms with Crippen LogP contribution in [-0.4, -0.2) is 9.97 Å². The van der Waals surface area contributed by atoms with Crippen LogP contribution in [0.4, 0.5) is 0 Å². The van der Waals surface area contributed by atoms with E-state index in [1.54, 1.807) is 0 Å². The summed E-state index contributed by atoms with van der Waals surface area (Å²) in [7, 11) is 0. The molecule has 0 bridgehead atoms. The van der Waals surface area contributed by atoms with Gasteiger partial charge < -0.3 is 4.98 Å². The van der Waals surface area contributed by atoms with Crippen LogP contribution >= 0.6 is 0 Å². The van der Waals surface area contributed by atoms with Crippen molar-refractivity contribution in [1.82, 2.24) is 9.97 Å². The fraction of sp³-hybridized carbons (Fsp3) is 0.333. The number of para-hydroxylation sites is 2. The number of hydrogen-bond acceptors (Lipinski definition) is 2. The molecule has 0 fully saturated rings. The number of aromatic amines is 1. The van der Waals surface area contributed by atoms with Gasteiger partial charge >= 0.3 is 0 Å². The first-order chi connectivity index (χ1) is 7.31. The maximum atomic E-state index is 11.6. The summed E-state index contributed by atoms with van der Waals surface area (Å²) in [4.78, 5) is 18.8. The van der Waals surface area contributed by atoms with Crippen molar-refractivity contribution >= 4 is 11.0 Å². The van der Waals surface area contributed by atoms with Crippen molar-refractivity contribution in [2.45, 2.75) is 26.2 Å². The molecule has 0 aliphatic rings. The molecular formula is C12H14N2O. The lowest BCUT2D eigenvalue weighted by Crippen LogP contribution is -2.14. The fourth-order valence-corrected chi connectivity index (χ4v) is 1.58. The highest BCUT2D eigenvalue weighted by Gasteiger charge is 2.03. The minimum Gasteiger partial charge on any atom is -0.319 e. The van der Waals surface area contributed by atoms with Gasteiger partial charge in [0, 0.05) is 0 Å². The molecule has 15 heavy (non-hydrogen) atoms. The zero-order valence-electron chi connectivity index (χ0n) is 8.79. The van der Waals surface area contributed by atoms with Crippen molar-refractivity contribution in [3.05, 3.63) is 40.3 Å². The van der Waals surface area contributed by atoms with E-state index in [1.807, 2.05) is 24.3 Å². The molecule has 0 spiro atoms. The van der Waals surface area contributed by atoms with Gasteiger partial charge in [-0.15, -0.1) is 0 Å². The van der Waals surface area contributed by atoms with Crippen LogP contribution in [0.2, 0.25) is 0 Å². The Morgan fingerprint density at radius 2 is 2.13 bits per heavy atom. The SMILES string of the molecule is CCCCc1nc2ccccc2[nH]c1=O. The molecule has 0 aliphatic carbocycles. The quantitative estimate of drug-likeness (QED) is 0.829. The molecule has 1 heterocycles. The number of hydrogen-bond donors (Lipinski definition) is 1. The maximum absolute atomic E-state index is 11.6. The highest BCUT2D eigenvalue weighted by Crippen LogP contribution is 2.07. The Morgan fingerprint density at radius 1 is 1.33 bits per heavy atom. The Kier molecular flexibility index (Phi) is 2.81. The van der Waals surface area contributed by atoms with E-state index < -0.39 is 0 Å². The zero-order chi connectivity index (χ0) is 10.7. The van der Waals surface area contributed by atoms with Gasteiger partial charge in [0.05, 0.1) is 11.0 Å². The summed E-state index contributed by atoms with van der Waals surface area (Å²) in [6.45, 7) is 2.11. The number of fused-ring (bicyclic) bond motifs is 1. The van der Waals surface area contributed by atoms with Crippen molar-refractivity contribution in [1.29, 1.82) is 0 Å². The molecule has 0 unspecified atom stereocenters. The molecule has 1 aromatic heterocycles. The minimum absolute atomic E-state index is 0.0536. The van der Waals surface area contributed by atoms with Crippen LogP contribution in [0.5, 0.6) is 0 Å². The predicted molar refractivity (Wildman–Crippen MR) is 61.0 cm³/mol. The number of unbranched alkanes of at least 4 members (excludes halogenated alkanes) is 1. The van der Waals surface area contributed by atoms with E-state index in [0.29, 0.717) is 5.69 Å². The Bertz CT molecular complexity index is 516. The van der Waals surface area contributed by atoms with E-state index in [1.165, 1.54) is 0 Å². The first kappa shape index (κ1) is 9.90. The Labute approximate surface area is 88.2 Å². The van der Waals surface area contributed by atoms with Crippen molar-refractivity contribution in [3.63, 3.8) is 0 Å². The molecule has 78 valence electrons. The topological polar surface area (TPSA) is 45.8 Å². The van der Waals surface area contributed by atoms with Crippen LogP contribution in [0.15, 0.2) is 29.1 Å². The molecule has 0 saturated heterocycles. The first-order valence-corrected chi connectivity index (χ1v) is 5.29. The Morgan fingerprint density at radius 3 is 2.93 bits per heavy atom. The van der Waals surface area contributed by atoms with Crippen LogP contribution in [-0.2, 0) is 6.42 Å². The number of rotatable bonds is 3. The van der Waals surface area contributed by atoms with E-state index in [9.17, 15) is 4.79 Å². The summed E-state index contributed by atoms with van der Waals surface area (Å²) in [5, 5.41) is 0. The summed E-state index contributed by atoms with van der Waals surface area (Å²) >= 11 is 0. The van der Waals surface area contributed by atoms with Crippen LogP contribution in [0.1, 0.15) is 25.5 Å². The molecule has 0 aliphatic heterocycles. The highest BCUT2D eigenvalue weighted by atomic mass is 16.1. The van der Waals surface area contributed by atoms with Crippen molar-refractivity contribution in [3.8, 4) is 0 Å². The van der Waals surface area contributed by atoms with E-state index in [0.717, 1.165) is 30.3 Å². The molecule has 0 radical (unpaired) electrons. The molecule has 3 nitrogen and oxygen atoms in total. The Balaban J connectivity index is 2.48. The highest BCUT2D eigenvalue weighted by molar-refractivity contribution is 5.73. The third-order valence-corrected chi connectivity index (χ3v) is 2.44. The number of nitrogens with one attached hydrogen (secondary N) is 1. The summed E-state index contributed by atoms with van der Waals surface area (Å²) in [5.74, 6) is 0. The van der Waals surface area contributed by atoms with Gasteiger partial charge in [0.25, 0.3) is 5.56 Å². The Hall–Kier alpha value is -1.64. The van der Waals surface area contributed by atoms with Crippen molar-refractivity contribution in [2.24, 2.45) is 0 Å². The van der Waals surface area contributed by atoms with Gasteiger partial charge in [-0.3, -0.25) is 4.79 Å². The fourth-order valence-electron chi connectivity index (χ4n) is 1.58. The molecule has 1 aromatic carbocycles. The summed E-state index contributed by atoms with van der Waals surface area (Å²) in [6.07, 6.45) is 2.85. The van der Waals surface area contributed by atoms with Gasteiger partial charge in [-0.1, -0.05) is 25.5 Å². The number of aryl methyl sites for hydroxylation is 1. The number of H-pyrrole nitrogens is 1. The normalized spacial score (nSPS) is 10.7. The summed E-state index contributed by atoms with van der Waals surface area (Å²) in [6, 6.07) is 7.61. The second kappa shape index (κ2) is 4.26. The lowest BCUT2D eigenvalue weighted by Gasteiger charge is -2.00. The second-order valence-electron chi connectivity index (χ2n) is 3.63. The van der Waals surface area contributed by atoms with Gasteiger partial charge in [0.15, 0.2) is 0 Å². The molecule has 0 atom stereocenters. The number of benzene rings is 1. The third kappa shape index (κ3) is 2.06. The van der Waals surface area contributed by atoms with Gasteiger partial charge in [-0.2, -0.15) is 0 Å². The van der Waals surface area contributed by atoms with Gasteiger partial charge in [0.2, 0.25) is 0 Å². The predicted octanol–water partition coefficient (Wildman–Crippen LogP) is 2.27. The molecular weight excluding hydrogens is 188 g/mol. The molecule has 3 heteroatoms. The molecule has 0 amide bonds. The number of nitrogens with zero attached hydrogens (tertiary/aromatic N) is 1. The van der Waals surface area contributed by atoms with Gasteiger partial charge in [-0.25, -0.2) is 4.98 Å². The monoisotopic (exact) mass is 202 g/mol. The van der Waals surface area contributed by atoms with Crippen molar-refractivity contribution in [2.75, 3.05) is 0 Å². The van der Waals surface area contributed by atoms with E-state index in [4.69, 9.17) is 0 Å². The molecule has 2 rings (SSSR count). The molecule has 1 N–H and O–H groups in total. The van der Waals surface area contributed by atoms with Gasteiger partial charge in [-0.05, 0) is 25.0 Å². The average Bonchev–Trinajstić information content (AvgIpc) is 2.26. The standard InChI is InChI=1S/C12H14N2O/c1-2-3-6-11-12(15)14-10-8-5-4-7-9(10)13-11/h4-5,7-8H,2-3,6H2,1H3,(H,14,15). The lowest BCUT2D eigenvalue weighted by atomic mass is 10.2. The summed E-state index contributed by atoms with van der Waals surface area (Å²) in [5.41, 5.74) is 2.27. The first-order valence-electron chi connectivity index (χ1n) is 5.29. The average molecular weight is 202 g/mol. The number of aromatic nitrogens is 2. The van der Waals surface area contributed by atoms with E-state index in [2.05, 4.69) is 16.9 Å². The van der Waals surface area contributed by atoms with Crippen LogP contribution in [0.3, 0.4) is 0 Å². The largest absolute Gasteiger partial charge is 0.319 e. The smallest absolute Gasteiger partial charge is 0.270 e. The minimum atomic E-state index is -0.0536. The van der Waals surface area contributed by atoms with E-state index in [-0.39, 0.29) is 5.56 Å². The second-order valence-corrected chi connectivity index (χ2v) is 3.63. The molecule has 0 saturated carbocycles. The van der Waals surface area contributed by atoms with Gasteiger partial charge in [0.1, 0.15) is 5.69 Å². The molecule has 2 aromatic rings.